The molecule has 0 bridgehead atoms. The minimum absolute atomic E-state index is 0.0111. The number of nitrogens with one attached hydrogen (secondary N) is 1. The fourth-order valence-electron chi connectivity index (χ4n) is 2.57. The zero-order chi connectivity index (χ0) is 16.9. The van der Waals surface area contributed by atoms with Crippen molar-refractivity contribution < 1.29 is 18.0 Å². The first kappa shape index (κ1) is 17.5. The van der Waals surface area contributed by atoms with Crippen molar-refractivity contribution in [2.24, 2.45) is 0 Å². The van der Waals surface area contributed by atoms with Gasteiger partial charge in [-0.3, -0.25) is 9.59 Å². The molecule has 6 nitrogen and oxygen atoms in total. The third-order valence-electron chi connectivity index (χ3n) is 4.07. The van der Waals surface area contributed by atoms with Gasteiger partial charge in [-0.15, -0.1) is 0 Å². The Morgan fingerprint density at radius 2 is 1.96 bits per heavy atom. The molecule has 1 fully saturated rings. The van der Waals surface area contributed by atoms with Crippen molar-refractivity contribution in [1.82, 2.24) is 10.2 Å². The van der Waals surface area contributed by atoms with Crippen LogP contribution in [-0.2, 0) is 25.8 Å². The predicted octanol–water partition coefficient (Wildman–Crippen LogP) is 0.381. The Balaban J connectivity index is 1.72. The van der Waals surface area contributed by atoms with E-state index in [1.165, 1.54) is 4.90 Å². The number of sulfone groups is 1. The van der Waals surface area contributed by atoms with E-state index in [1.807, 2.05) is 30.3 Å². The first-order valence-corrected chi connectivity index (χ1v) is 9.46. The van der Waals surface area contributed by atoms with Crippen LogP contribution >= 0.6 is 0 Å². The number of nitrogens with zero attached hydrogens (tertiary/aromatic N) is 1. The monoisotopic (exact) mass is 338 g/mol. The first-order valence-electron chi connectivity index (χ1n) is 7.64. The summed E-state index contributed by atoms with van der Waals surface area (Å²) in [5, 5.41) is 2.60. The predicted molar refractivity (Wildman–Crippen MR) is 87.6 cm³/mol. The van der Waals surface area contributed by atoms with E-state index in [2.05, 4.69) is 5.32 Å². The normalized spacial score (nSPS) is 19.3. The van der Waals surface area contributed by atoms with Crippen LogP contribution in [0.2, 0.25) is 0 Å². The Bertz CT molecular complexity index is 658. The first-order chi connectivity index (χ1) is 10.9. The van der Waals surface area contributed by atoms with E-state index < -0.39 is 9.84 Å². The second kappa shape index (κ2) is 7.59. The minimum Gasteiger partial charge on any atom is -0.347 e. The number of aryl methyl sites for hydroxylation is 1. The average molecular weight is 338 g/mol. The van der Waals surface area contributed by atoms with Crippen LogP contribution in [0.5, 0.6) is 0 Å². The third kappa shape index (κ3) is 5.35. The molecule has 1 aromatic carbocycles. The van der Waals surface area contributed by atoms with Crippen LogP contribution < -0.4 is 5.32 Å². The molecule has 7 heteroatoms. The molecule has 0 saturated carbocycles. The minimum atomic E-state index is -3.03. The zero-order valence-corrected chi connectivity index (χ0v) is 14.0. The van der Waals surface area contributed by atoms with Crippen LogP contribution in [0.15, 0.2) is 30.3 Å². The molecule has 0 spiro atoms. The molecule has 1 saturated heterocycles. The standard InChI is InChI=1S/C16H22N2O4S/c1-18(14-9-10-23(21,22)12-14)16(20)11-17-15(19)8-7-13-5-3-2-4-6-13/h2-6,14H,7-12H2,1H3,(H,17,19). The van der Waals surface area contributed by atoms with Crippen molar-refractivity contribution in [3.63, 3.8) is 0 Å². The molecular weight excluding hydrogens is 316 g/mol. The molecule has 0 aromatic heterocycles. The molecule has 1 unspecified atom stereocenters. The van der Waals surface area contributed by atoms with Gasteiger partial charge in [-0.2, -0.15) is 0 Å². The molecule has 1 atom stereocenters. The summed E-state index contributed by atoms with van der Waals surface area (Å²) >= 11 is 0. The Kier molecular flexibility index (Phi) is 5.76. The third-order valence-corrected chi connectivity index (χ3v) is 5.82. The van der Waals surface area contributed by atoms with Gasteiger partial charge in [-0.25, -0.2) is 8.42 Å². The van der Waals surface area contributed by atoms with Gasteiger partial charge in [0.25, 0.3) is 0 Å². The summed E-state index contributed by atoms with van der Waals surface area (Å²) in [6.07, 6.45) is 1.41. The van der Waals surface area contributed by atoms with Crippen molar-refractivity contribution in [3.05, 3.63) is 35.9 Å². The number of hydrogen-bond acceptors (Lipinski definition) is 4. The zero-order valence-electron chi connectivity index (χ0n) is 13.2. The quantitative estimate of drug-likeness (QED) is 0.813. The van der Waals surface area contributed by atoms with Crippen LogP contribution in [0.25, 0.3) is 0 Å². The number of amides is 2. The van der Waals surface area contributed by atoms with E-state index in [-0.39, 0.29) is 35.9 Å². The van der Waals surface area contributed by atoms with Crippen LogP contribution in [0, 0.1) is 0 Å². The van der Waals surface area contributed by atoms with Crippen molar-refractivity contribution in [2.45, 2.75) is 25.3 Å². The highest BCUT2D eigenvalue weighted by Gasteiger charge is 2.32. The summed E-state index contributed by atoms with van der Waals surface area (Å²) in [7, 11) is -1.44. The highest BCUT2D eigenvalue weighted by molar-refractivity contribution is 7.91. The van der Waals surface area contributed by atoms with Gasteiger partial charge in [0.2, 0.25) is 11.8 Å². The lowest BCUT2D eigenvalue weighted by molar-refractivity contribution is -0.133. The summed E-state index contributed by atoms with van der Waals surface area (Å²) in [5.41, 5.74) is 1.07. The number of likely N-dealkylation sites (N-methyl/N-ethyl adjacent to an activating group) is 1. The second-order valence-corrected chi connectivity index (χ2v) is 8.05. The summed E-state index contributed by atoms with van der Waals surface area (Å²) in [5.74, 6) is -0.314. The molecule has 23 heavy (non-hydrogen) atoms. The summed E-state index contributed by atoms with van der Waals surface area (Å²) in [4.78, 5) is 25.3. The van der Waals surface area contributed by atoms with Gasteiger partial charge in [0, 0.05) is 19.5 Å². The van der Waals surface area contributed by atoms with E-state index >= 15 is 0 Å². The highest BCUT2D eigenvalue weighted by atomic mass is 32.2. The topological polar surface area (TPSA) is 83.6 Å². The maximum atomic E-state index is 12.0. The molecule has 2 amide bonds. The number of carbonyl (C=O) groups excluding carboxylic acids is 2. The molecule has 126 valence electrons. The van der Waals surface area contributed by atoms with E-state index in [0.29, 0.717) is 19.3 Å². The summed E-state index contributed by atoms with van der Waals surface area (Å²) < 4.78 is 22.9. The van der Waals surface area contributed by atoms with E-state index in [1.54, 1.807) is 7.05 Å². The Morgan fingerprint density at radius 3 is 2.57 bits per heavy atom. The van der Waals surface area contributed by atoms with E-state index in [0.717, 1.165) is 5.56 Å². The van der Waals surface area contributed by atoms with Crippen molar-refractivity contribution >= 4 is 21.7 Å². The average Bonchev–Trinajstić information content (AvgIpc) is 2.90. The lowest BCUT2D eigenvalue weighted by Gasteiger charge is -2.23. The van der Waals surface area contributed by atoms with E-state index in [4.69, 9.17) is 0 Å². The molecule has 1 heterocycles. The summed E-state index contributed by atoms with van der Waals surface area (Å²) in [6.45, 7) is -0.0966. The molecule has 1 N–H and O–H groups in total. The van der Waals surface area contributed by atoms with Gasteiger partial charge in [0.05, 0.1) is 18.1 Å². The van der Waals surface area contributed by atoms with Gasteiger partial charge in [0.15, 0.2) is 9.84 Å². The lowest BCUT2D eigenvalue weighted by atomic mass is 10.1. The Hall–Kier alpha value is -1.89. The molecule has 0 radical (unpaired) electrons. The van der Waals surface area contributed by atoms with Crippen molar-refractivity contribution in [1.29, 1.82) is 0 Å². The molecule has 1 aliphatic heterocycles. The maximum absolute atomic E-state index is 12.0. The van der Waals surface area contributed by atoms with Gasteiger partial charge >= 0.3 is 0 Å². The fraction of sp³-hybridized carbons (Fsp3) is 0.500. The van der Waals surface area contributed by atoms with Crippen LogP contribution in [0.1, 0.15) is 18.4 Å². The maximum Gasteiger partial charge on any atom is 0.241 e. The van der Waals surface area contributed by atoms with Crippen molar-refractivity contribution in [3.8, 4) is 0 Å². The lowest BCUT2D eigenvalue weighted by Crippen LogP contribution is -2.43. The van der Waals surface area contributed by atoms with Crippen molar-refractivity contribution in [2.75, 3.05) is 25.1 Å². The highest BCUT2D eigenvalue weighted by Crippen LogP contribution is 2.16. The number of benzene rings is 1. The number of rotatable bonds is 6. The van der Waals surface area contributed by atoms with Gasteiger partial charge in [-0.1, -0.05) is 30.3 Å². The Morgan fingerprint density at radius 1 is 1.26 bits per heavy atom. The van der Waals surface area contributed by atoms with E-state index in [9.17, 15) is 18.0 Å². The Labute approximate surface area is 136 Å². The molecule has 2 rings (SSSR count). The number of hydrogen-bond donors (Lipinski definition) is 1. The summed E-state index contributed by atoms with van der Waals surface area (Å²) in [6, 6.07) is 9.37. The van der Waals surface area contributed by atoms with Gasteiger partial charge in [0.1, 0.15) is 0 Å². The molecule has 1 aromatic rings. The van der Waals surface area contributed by atoms with Crippen LogP contribution in [0.3, 0.4) is 0 Å². The molecule has 0 aliphatic carbocycles. The second-order valence-electron chi connectivity index (χ2n) is 5.82. The largest absolute Gasteiger partial charge is 0.347 e. The SMILES string of the molecule is CN(C(=O)CNC(=O)CCc1ccccc1)C1CCS(=O)(=O)C1. The van der Waals surface area contributed by atoms with Gasteiger partial charge in [-0.05, 0) is 18.4 Å². The fourth-order valence-corrected chi connectivity index (χ4v) is 4.35. The molecule has 1 aliphatic rings. The molecular formula is C16H22N2O4S. The number of carbonyl (C=O) groups is 2. The van der Waals surface area contributed by atoms with Crippen LogP contribution in [-0.4, -0.2) is 56.3 Å². The van der Waals surface area contributed by atoms with Gasteiger partial charge < -0.3 is 10.2 Å². The smallest absolute Gasteiger partial charge is 0.241 e. The van der Waals surface area contributed by atoms with Crippen LogP contribution in [0.4, 0.5) is 0 Å².